The highest BCUT2D eigenvalue weighted by molar-refractivity contribution is 7.89. The van der Waals surface area contributed by atoms with E-state index < -0.39 is 28.5 Å². The number of benzene rings is 2. The van der Waals surface area contributed by atoms with Crippen molar-refractivity contribution in [3.05, 3.63) is 47.0 Å². The highest BCUT2D eigenvalue weighted by atomic mass is 32.2. The average Bonchev–Trinajstić information content (AvgIpc) is 2.76. The normalized spacial score (nSPS) is 11.7. The van der Waals surface area contributed by atoms with E-state index in [-0.39, 0.29) is 39.5 Å². The number of sulfonamides is 1. The van der Waals surface area contributed by atoms with Gasteiger partial charge in [-0.1, -0.05) is 33.8 Å². The van der Waals surface area contributed by atoms with Crippen molar-refractivity contribution in [3.63, 3.8) is 0 Å². The lowest BCUT2D eigenvalue weighted by Gasteiger charge is -2.17. The fraction of sp³-hybridized carbons (Fsp3) is 0.417. The van der Waals surface area contributed by atoms with Crippen molar-refractivity contribution in [2.75, 3.05) is 33.1 Å². The first kappa shape index (κ1) is 27.1. The van der Waals surface area contributed by atoms with Crippen molar-refractivity contribution in [1.82, 2.24) is 4.31 Å². The zero-order valence-corrected chi connectivity index (χ0v) is 21.3. The molecule has 2 N–H and O–H groups in total. The van der Waals surface area contributed by atoms with Crippen LogP contribution in [0.15, 0.2) is 35.2 Å². The second-order valence-corrected chi connectivity index (χ2v) is 10.7. The van der Waals surface area contributed by atoms with Crippen LogP contribution in [0.1, 0.15) is 61.0 Å². The number of aromatic hydroxyl groups is 1. The van der Waals surface area contributed by atoms with Crippen LogP contribution in [0, 0.1) is 0 Å². The SMILES string of the molecule is COc1ccc(S(=O)(=O)N(C)C)cc1NC(=O)COC(=O)c1cc(C(C)C)cc(C(C)C)c1O. The summed E-state index contributed by atoms with van der Waals surface area (Å²) < 4.78 is 36.2. The monoisotopic (exact) mass is 492 g/mol. The minimum absolute atomic E-state index is 0.0145. The summed E-state index contributed by atoms with van der Waals surface area (Å²) in [4.78, 5) is 25.1. The lowest BCUT2D eigenvalue weighted by molar-refractivity contribution is -0.119. The summed E-state index contributed by atoms with van der Waals surface area (Å²) in [7, 11) is 0.430. The summed E-state index contributed by atoms with van der Waals surface area (Å²) >= 11 is 0. The van der Waals surface area contributed by atoms with Crippen LogP contribution in [0.3, 0.4) is 0 Å². The number of ether oxygens (including phenoxy) is 2. The molecule has 0 atom stereocenters. The number of nitrogens with one attached hydrogen (secondary N) is 1. The topological polar surface area (TPSA) is 122 Å². The Morgan fingerprint density at radius 3 is 2.24 bits per heavy atom. The molecule has 0 radical (unpaired) electrons. The molecule has 2 rings (SSSR count). The van der Waals surface area contributed by atoms with Crippen LogP contribution in [0.2, 0.25) is 0 Å². The predicted octanol–water partition coefficient (Wildman–Crippen LogP) is 3.69. The van der Waals surface area contributed by atoms with Crippen LogP contribution in [0.25, 0.3) is 0 Å². The molecule has 10 heteroatoms. The lowest BCUT2D eigenvalue weighted by atomic mass is 9.92. The van der Waals surface area contributed by atoms with Crippen molar-refractivity contribution in [2.24, 2.45) is 0 Å². The van der Waals surface area contributed by atoms with Crippen LogP contribution in [0.4, 0.5) is 5.69 Å². The van der Waals surface area contributed by atoms with Gasteiger partial charge in [0.2, 0.25) is 10.0 Å². The van der Waals surface area contributed by atoms with E-state index in [1.54, 1.807) is 6.07 Å². The molecule has 0 aliphatic carbocycles. The van der Waals surface area contributed by atoms with E-state index >= 15 is 0 Å². The van der Waals surface area contributed by atoms with Gasteiger partial charge in [-0.2, -0.15) is 0 Å². The summed E-state index contributed by atoms with van der Waals surface area (Å²) in [6, 6.07) is 7.46. The number of hydrogen-bond donors (Lipinski definition) is 2. The van der Waals surface area contributed by atoms with Gasteiger partial charge in [0, 0.05) is 14.1 Å². The van der Waals surface area contributed by atoms with Crippen molar-refractivity contribution >= 4 is 27.6 Å². The molecular weight excluding hydrogens is 460 g/mol. The van der Waals surface area contributed by atoms with Gasteiger partial charge < -0.3 is 19.9 Å². The number of rotatable bonds is 9. The number of phenols is 1. The van der Waals surface area contributed by atoms with Gasteiger partial charge in [-0.15, -0.1) is 0 Å². The second kappa shape index (κ2) is 10.9. The van der Waals surface area contributed by atoms with Crippen molar-refractivity contribution in [2.45, 2.75) is 44.4 Å². The number of anilines is 1. The largest absolute Gasteiger partial charge is 0.507 e. The highest BCUT2D eigenvalue weighted by Crippen LogP contribution is 2.33. The molecule has 0 aliphatic rings. The Labute approximate surface area is 200 Å². The fourth-order valence-corrected chi connectivity index (χ4v) is 4.09. The van der Waals surface area contributed by atoms with E-state index in [0.29, 0.717) is 5.56 Å². The maximum atomic E-state index is 12.7. The highest BCUT2D eigenvalue weighted by Gasteiger charge is 2.22. The molecule has 2 aromatic rings. The van der Waals surface area contributed by atoms with Crippen molar-refractivity contribution in [1.29, 1.82) is 0 Å². The molecule has 0 saturated heterocycles. The third-order valence-electron chi connectivity index (χ3n) is 5.23. The molecule has 2 aromatic carbocycles. The standard InChI is InChI=1S/C24H32N2O7S/c1-14(2)16-10-18(15(3)4)23(28)19(11-16)24(29)33-13-22(27)25-20-12-17(8-9-21(20)32-7)34(30,31)26(5)6/h8-12,14-15,28H,13H2,1-7H3,(H,25,27). The number of amides is 1. The van der Waals surface area contributed by atoms with Crippen LogP contribution in [0.5, 0.6) is 11.5 Å². The van der Waals surface area contributed by atoms with Gasteiger partial charge in [-0.25, -0.2) is 17.5 Å². The molecule has 0 aliphatic heterocycles. The number of carbonyl (C=O) groups excluding carboxylic acids is 2. The van der Waals surface area contributed by atoms with Crippen molar-refractivity contribution < 1.29 is 32.6 Å². The summed E-state index contributed by atoms with van der Waals surface area (Å²) in [6.07, 6.45) is 0. The number of hydrogen-bond acceptors (Lipinski definition) is 7. The molecule has 0 fully saturated rings. The number of esters is 1. The Morgan fingerprint density at radius 1 is 1.06 bits per heavy atom. The minimum atomic E-state index is -3.74. The molecular formula is C24H32N2O7S. The van der Waals surface area contributed by atoms with Gasteiger partial charge in [0.15, 0.2) is 6.61 Å². The Kier molecular flexibility index (Phi) is 8.68. The predicted molar refractivity (Wildman–Crippen MR) is 129 cm³/mol. The molecule has 0 unspecified atom stereocenters. The van der Waals surface area contributed by atoms with Crippen LogP contribution < -0.4 is 10.1 Å². The molecule has 1 amide bonds. The smallest absolute Gasteiger partial charge is 0.342 e. The number of phenolic OH excluding ortho intramolecular Hbond substituents is 1. The van der Waals surface area contributed by atoms with E-state index in [0.717, 1.165) is 9.87 Å². The van der Waals surface area contributed by atoms with E-state index in [1.165, 1.54) is 39.4 Å². The van der Waals surface area contributed by atoms with Gasteiger partial charge in [0.1, 0.15) is 17.1 Å². The van der Waals surface area contributed by atoms with Gasteiger partial charge in [-0.05, 0) is 47.2 Å². The van der Waals surface area contributed by atoms with E-state index in [2.05, 4.69) is 5.32 Å². The van der Waals surface area contributed by atoms with E-state index in [1.807, 2.05) is 33.8 Å². The molecule has 0 heterocycles. The van der Waals surface area contributed by atoms with Gasteiger partial charge in [0.05, 0.1) is 17.7 Å². The summed E-state index contributed by atoms with van der Waals surface area (Å²) in [5.74, 6) is -1.38. The summed E-state index contributed by atoms with van der Waals surface area (Å²) in [5.41, 5.74) is 1.57. The van der Waals surface area contributed by atoms with Crippen LogP contribution in [-0.2, 0) is 19.6 Å². The zero-order valence-electron chi connectivity index (χ0n) is 20.5. The van der Waals surface area contributed by atoms with Crippen LogP contribution in [-0.4, -0.2) is 57.5 Å². The first-order chi connectivity index (χ1) is 15.8. The summed E-state index contributed by atoms with van der Waals surface area (Å²) in [5, 5.41) is 13.1. The van der Waals surface area contributed by atoms with Crippen molar-refractivity contribution in [3.8, 4) is 11.5 Å². The molecule has 0 spiro atoms. The number of methoxy groups -OCH3 is 1. The number of carbonyl (C=O) groups is 2. The number of nitrogens with zero attached hydrogens (tertiary/aromatic N) is 1. The first-order valence-electron chi connectivity index (χ1n) is 10.7. The summed E-state index contributed by atoms with van der Waals surface area (Å²) in [6.45, 7) is 7.10. The average molecular weight is 493 g/mol. The fourth-order valence-electron chi connectivity index (χ4n) is 3.16. The van der Waals surface area contributed by atoms with Gasteiger partial charge >= 0.3 is 5.97 Å². The maximum Gasteiger partial charge on any atom is 0.342 e. The zero-order chi connectivity index (χ0) is 25.8. The molecule has 0 bridgehead atoms. The van der Waals surface area contributed by atoms with E-state index in [4.69, 9.17) is 9.47 Å². The Morgan fingerprint density at radius 2 is 1.71 bits per heavy atom. The first-order valence-corrected chi connectivity index (χ1v) is 12.2. The molecule has 186 valence electrons. The maximum absolute atomic E-state index is 12.7. The van der Waals surface area contributed by atoms with Crippen LogP contribution >= 0.6 is 0 Å². The van der Waals surface area contributed by atoms with Gasteiger partial charge in [0.25, 0.3) is 5.91 Å². The van der Waals surface area contributed by atoms with E-state index in [9.17, 15) is 23.1 Å². The quantitative estimate of drug-likeness (QED) is 0.512. The van der Waals surface area contributed by atoms with Gasteiger partial charge in [-0.3, -0.25) is 4.79 Å². The molecule has 0 aromatic heterocycles. The molecule has 0 saturated carbocycles. The third-order valence-corrected chi connectivity index (χ3v) is 7.04. The molecule has 9 nitrogen and oxygen atoms in total. The Hall–Kier alpha value is -3.11. The minimum Gasteiger partial charge on any atom is -0.507 e. The third kappa shape index (κ3) is 6.06. The Balaban J connectivity index is 2.22. The Bertz CT molecular complexity index is 1170. The second-order valence-electron chi connectivity index (χ2n) is 8.59. The lowest BCUT2D eigenvalue weighted by Crippen LogP contribution is -2.23. The molecule has 34 heavy (non-hydrogen) atoms.